The first-order valence-electron chi connectivity index (χ1n) is 5.51. The van der Waals surface area contributed by atoms with E-state index in [1.165, 1.54) is 0 Å². The maximum atomic E-state index is 11.8. The molecule has 2 amide bonds. The van der Waals surface area contributed by atoms with Crippen molar-refractivity contribution in [2.75, 3.05) is 5.32 Å². The minimum Gasteiger partial charge on any atom is -0.326 e. The molecule has 0 radical (unpaired) electrons. The Kier molecular flexibility index (Phi) is 3.88. The molecule has 1 unspecified atom stereocenters. The molecule has 1 fully saturated rings. The first-order valence-corrected chi connectivity index (χ1v) is 6.39. The van der Waals surface area contributed by atoms with E-state index in [1.54, 1.807) is 24.3 Å². The van der Waals surface area contributed by atoms with E-state index in [1.807, 2.05) is 0 Å². The third-order valence-corrected chi connectivity index (χ3v) is 3.48. The lowest BCUT2D eigenvalue weighted by Gasteiger charge is -2.07. The molecule has 0 saturated carbocycles. The van der Waals surface area contributed by atoms with Gasteiger partial charge in [0.2, 0.25) is 11.8 Å². The molecule has 0 spiro atoms. The summed E-state index contributed by atoms with van der Waals surface area (Å²) in [4.78, 5) is 23.2. The number of carbonyl (C=O) groups excluding carboxylic acids is 2. The first-order chi connectivity index (χ1) is 9.08. The lowest BCUT2D eigenvalue weighted by Crippen LogP contribution is -2.27. The molecule has 1 heterocycles. The van der Waals surface area contributed by atoms with Crippen molar-refractivity contribution in [2.45, 2.75) is 11.7 Å². The Hall–Kier alpha value is -2.26. The summed E-state index contributed by atoms with van der Waals surface area (Å²) in [5.41, 5.74) is 1.27. The zero-order valence-corrected chi connectivity index (χ0v) is 10.7. The van der Waals surface area contributed by atoms with Crippen molar-refractivity contribution in [3.05, 3.63) is 29.8 Å². The van der Waals surface area contributed by atoms with Crippen LogP contribution >= 0.6 is 11.8 Å². The third-order valence-electron chi connectivity index (χ3n) is 2.47. The van der Waals surface area contributed by atoms with Gasteiger partial charge in [0.25, 0.3) is 0 Å². The van der Waals surface area contributed by atoms with Crippen LogP contribution in [-0.4, -0.2) is 22.2 Å². The zero-order valence-electron chi connectivity index (χ0n) is 9.90. The summed E-state index contributed by atoms with van der Waals surface area (Å²) in [6, 6.07) is 6.92. The number of hydrogen-bond donors (Lipinski definition) is 3. The highest BCUT2D eigenvalue weighted by molar-refractivity contribution is 8.15. The Balaban J connectivity index is 1.96. The van der Waals surface area contributed by atoms with Gasteiger partial charge in [0.05, 0.1) is 0 Å². The number of amidine groups is 1. The number of hydrogen-bond acceptors (Lipinski definition) is 4. The van der Waals surface area contributed by atoms with E-state index in [0.29, 0.717) is 11.3 Å². The molecule has 0 aliphatic carbocycles. The molecule has 1 aliphatic rings. The monoisotopic (exact) mass is 273 g/mol. The highest BCUT2D eigenvalue weighted by Gasteiger charge is 2.31. The van der Waals surface area contributed by atoms with E-state index >= 15 is 0 Å². The van der Waals surface area contributed by atoms with Gasteiger partial charge in [-0.15, -0.1) is 6.42 Å². The second-order valence-electron chi connectivity index (χ2n) is 3.90. The maximum absolute atomic E-state index is 11.8. The van der Waals surface area contributed by atoms with Crippen LogP contribution < -0.4 is 10.6 Å². The highest BCUT2D eigenvalue weighted by atomic mass is 32.2. The van der Waals surface area contributed by atoms with E-state index < -0.39 is 5.25 Å². The van der Waals surface area contributed by atoms with E-state index in [0.717, 1.165) is 11.8 Å². The molecule has 96 valence electrons. The SMILES string of the molecule is C#Cc1cccc(NC(=O)CC2SC(=N)NC2=O)c1. The van der Waals surface area contributed by atoms with Crippen molar-refractivity contribution < 1.29 is 9.59 Å². The van der Waals surface area contributed by atoms with Crippen LogP contribution in [0.2, 0.25) is 0 Å². The van der Waals surface area contributed by atoms with E-state index in [2.05, 4.69) is 16.6 Å². The average Bonchev–Trinajstić information content (AvgIpc) is 2.68. The summed E-state index contributed by atoms with van der Waals surface area (Å²) < 4.78 is 0. The van der Waals surface area contributed by atoms with Gasteiger partial charge in [0, 0.05) is 17.7 Å². The number of thioether (sulfide) groups is 1. The lowest BCUT2D eigenvalue weighted by atomic mass is 10.2. The van der Waals surface area contributed by atoms with Crippen LogP contribution in [0.15, 0.2) is 24.3 Å². The average molecular weight is 273 g/mol. The molecule has 19 heavy (non-hydrogen) atoms. The number of carbonyl (C=O) groups is 2. The Bertz CT molecular complexity index is 592. The first kappa shape index (κ1) is 13.2. The van der Waals surface area contributed by atoms with E-state index in [9.17, 15) is 9.59 Å². The molecular formula is C13H11N3O2S. The summed E-state index contributed by atoms with van der Waals surface area (Å²) in [7, 11) is 0. The fourth-order valence-electron chi connectivity index (χ4n) is 1.62. The minimum atomic E-state index is -0.539. The summed E-state index contributed by atoms with van der Waals surface area (Å²) in [6.45, 7) is 0. The lowest BCUT2D eigenvalue weighted by molar-refractivity contribution is -0.122. The molecule has 1 aromatic rings. The van der Waals surface area contributed by atoms with Crippen LogP contribution in [0.1, 0.15) is 12.0 Å². The summed E-state index contributed by atoms with van der Waals surface area (Å²) in [5, 5.41) is 11.9. The Morgan fingerprint density at radius 1 is 1.58 bits per heavy atom. The van der Waals surface area contributed by atoms with Crippen molar-refractivity contribution in [2.24, 2.45) is 0 Å². The number of rotatable bonds is 3. The van der Waals surface area contributed by atoms with Gasteiger partial charge in [0.1, 0.15) is 5.25 Å². The van der Waals surface area contributed by atoms with Gasteiger partial charge < -0.3 is 10.6 Å². The molecule has 1 saturated heterocycles. The molecule has 0 aromatic heterocycles. The fourth-order valence-corrected chi connectivity index (χ4v) is 2.46. The minimum absolute atomic E-state index is 0.0269. The predicted octanol–water partition coefficient (Wildman–Crippen LogP) is 1.16. The molecule has 0 bridgehead atoms. The number of nitrogens with one attached hydrogen (secondary N) is 3. The smallest absolute Gasteiger partial charge is 0.240 e. The highest BCUT2D eigenvalue weighted by Crippen LogP contribution is 2.21. The molecule has 5 nitrogen and oxygen atoms in total. The summed E-state index contributed by atoms with van der Waals surface area (Å²) in [5.74, 6) is 1.89. The van der Waals surface area contributed by atoms with Gasteiger partial charge in [0.15, 0.2) is 5.17 Å². The van der Waals surface area contributed by atoms with E-state index in [-0.39, 0.29) is 23.4 Å². The topological polar surface area (TPSA) is 82.1 Å². The predicted molar refractivity (Wildman–Crippen MR) is 74.9 cm³/mol. The van der Waals surface area contributed by atoms with Gasteiger partial charge in [-0.1, -0.05) is 23.7 Å². The van der Waals surface area contributed by atoms with Crippen molar-refractivity contribution >= 4 is 34.4 Å². The normalized spacial score (nSPS) is 17.7. The van der Waals surface area contributed by atoms with Gasteiger partial charge in [-0.3, -0.25) is 15.0 Å². The van der Waals surface area contributed by atoms with Crippen molar-refractivity contribution in [1.29, 1.82) is 5.41 Å². The van der Waals surface area contributed by atoms with Gasteiger partial charge in [-0.2, -0.15) is 0 Å². The van der Waals surface area contributed by atoms with Gasteiger partial charge in [-0.05, 0) is 18.2 Å². The molecule has 1 aromatic carbocycles. The molecule has 3 N–H and O–H groups in total. The quantitative estimate of drug-likeness (QED) is 0.723. The Morgan fingerprint density at radius 3 is 3.00 bits per heavy atom. The van der Waals surface area contributed by atoms with Crippen LogP contribution in [-0.2, 0) is 9.59 Å². The standard InChI is InChI=1S/C13H11N3O2S/c1-2-8-4-3-5-9(6-8)15-11(17)7-10-12(18)16-13(14)19-10/h1,3-6,10H,7H2,(H,15,17)(H2,14,16,18). The van der Waals surface area contributed by atoms with Crippen LogP contribution in [0.3, 0.4) is 0 Å². The number of terminal acetylenes is 1. The molecule has 6 heteroatoms. The number of benzene rings is 1. The van der Waals surface area contributed by atoms with Crippen LogP contribution in [0.25, 0.3) is 0 Å². The Morgan fingerprint density at radius 2 is 2.37 bits per heavy atom. The van der Waals surface area contributed by atoms with Crippen LogP contribution in [0, 0.1) is 17.8 Å². The second-order valence-corrected chi connectivity index (χ2v) is 5.12. The summed E-state index contributed by atoms with van der Waals surface area (Å²) in [6.07, 6.45) is 5.30. The zero-order chi connectivity index (χ0) is 13.8. The molecule has 1 aliphatic heterocycles. The number of amides is 2. The maximum Gasteiger partial charge on any atom is 0.240 e. The van der Waals surface area contributed by atoms with Gasteiger partial charge in [-0.25, -0.2) is 0 Å². The number of anilines is 1. The fraction of sp³-hybridized carbons (Fsp3) is 0.154. The van der Waals surface area contributed by atoms with Crippen LogP contribution in [0.4, 0.5) is 5.69 Å². The third kappa shape index (κ3) is 3.36. The molecule has 1 atom stereocenters. The largest absolute Gasteiger partial charge is 0.326 e. The Labute approximate surface area is 114 Å². The molecular weight excluding hydrogens is 262 g/mol. The summed E-state index contributed by atoms with van der Waals surface area (Å²) >= 11 is 1.05. The van der Waals surface area contributed by atoms with Gasteiger partial charge >= 0.3 is 0 Å². The van der Waals surface area contributed by atoms with Crippen molar-refractivity contribution in [3.8, 4) is 12.3 Å². The van der Waals surface area contributed by atoms with E-state index in [4.69, 9.17) is 11.8 Å². The van der Waals surface area contributed by atoms with Crippen molar-refractivity contribution in [3.63, 3.8) is 0 Å². The second kappa shape index (κ2) is 5.59. The van der Waals surface area contributed by atoms with Crippen molar-refractivity contribution in [1.82, 2.24) is 5.32 Å². The molecule has 2 rings (SSSR count). The van der Waals surface area contributed by atoms with Crippen LogP contribution in [0.5, 0.6) is 0 Å².